The molecule has 1 aromatic rings. The van der Waals surface area contributed by atoms with Crippen molar-refractivity contribution in [1.29, 1.82) is 0 Å². The van der Waals surface area contributed by atoms with E-state index in [2.05, 4.69) is 33.9 Å². The van der Waals surface area contributed by atoms with Crippen LogP contribution in [0.1, 0.15) is 4.88 Å². The highest BCUT2D eigenvalue weighted by Crippen LogP contribution is 2.24. The molecule has 0 aromatic carbocycles. The molecular formula is C20H26F6N2O6S. The van der Waals surface area contributed by atoms with Crippen molar-refractivity contribution in [3.63, 3.8) is 0 Å². The van der Waals surface area contributed by atoms with Gasteiger partial charge >= 0.3 is 24.3 Å². The van der Waals surface area contributed by atoms with Gasteiger partial charge in [-0.2, -0.15) is 26.3 Å². The summed E-state index contributed by atoms with van der Waals surface area (Å²) in [4.78, 5) is 24.1. The van der Waals surface area contributed by atoms with E-state index in [9.17, 15) is 26.3 Å². The van der Waals surface area contributed by atoms with Crippen molar-refractivity contribution in [2.75, 3.05) is 52.5 Å². The molecule has 35 heavy (non-hydrogen) atoms. The molecule has 2 N–H and O–H groups in total. The van der Waals surface area contributed by atoms with Gasteiger partial charge in [-0.1, -0.05) is 12.1 Å². The first kappa shape index (κ1) is 30.8. The molecule has 0 aliphatic carbocycles. The van der Waals surface area contributed by atoms with Crippen LogP contribution in [0, 0.1) is 0 Å². The molecule has 2 saturated heterocycles. The lowest BCUT2D eigenvalue weighted by Crippen LogP contribution is -2.58. The smallest absolute Gasteiger partial charge is 0.475 e. The molecule has 1 unspecified atom stereocenters. The van der Waals surface area contributed by atoms with E-state index in [1.807, 2.05) is 17.4 Å². The average Bonchev–Trinajstić information content (AvgIpc) is 3.16. The molecule has 0 saturated carbocycles. The minimum atomic E-state index is -5.08. The third kappa shape index (κ3) is 11.9. The number of thiophene rings is 1. The van der Waals surface area contributed by atoms with Crippen molar-refractivity contribution in [2.45, 2.75) is 24.5 Å². The first-order valence-corrected chi connectivity index (χ1v) is 11.0. The molecule has 2 aliphatic rings. The molecule has 2 aliphatic heterocycles. The predicted octanol–water partition coefficient (Wildman–Crippen LogP) is 3.10. The fourth-order valence-corrected chi connectivity index (χ4v) is 3.93. The number of halogens is 6. The van der Waals surface area contributed by atoms with E-state index >= 15 is 0 Å². The van der Waals surface area contributed by atoms with Crippen LogP contribution in [0.25, 0.3) is 0 Å². The summed E-state index contributed by atoms with van der Waals surface area (Å²) in [6, 6.07) is 4.33. The lowest BCUT2D eigenvalue weighted by Gasteiger charge is -2.43. The summed E-state index contributed by atoms with van der Waals surface area (Å²) >= 11 is 1.83. The summed E-state index contributed by atoms with van der Waals surface area (Å²) in [5.41, 5.74) is -0.185. The van der Waals surface area contributed by atoms with E-state index in [4.69, 9.17) is 29.3 Å². The second kappa shape index (κ2) is 13.8. The molecule has 0 radical (unpaired) electrons. The highest BCUT2D eigenvalue weighted by molar-refractivity contribution is 7.09. The number of nitrogens with zero attached hydrogens (tertiary/aromatic N) is 2. The van der Waals surface area contributed by atoms with Gasteiger partial charge in [-0.3, -0.25) is 9.80 Å². The van der Waals surface area contributed by atoms with E-state index < -0.39 is 24.3 Å². The Morgan fingerprint density at radius 1 is 1.06 bits per heavy atom. The Hall–Kier alpha value is -2.20. The molecule has 1 aromatic heterocycles. The fraction of sp³-hybridized carbons (Fsp3) is 0.600. The van der Waals surface area contributed by atoms with Crippen LogP contribution in [0.5, 0.6) is 0 Å². The van der Waals surface area contributed by atoms with Crippen LogP contribution >= 0.6 is 11.3 Å². The molecular weight excluding hydrogens is 510 g/mol. The Labute approximate surface area is 201 Å². The monoisotopic (exact) mass is 536 g/mol. The normalized spacial score (nSPS) is 21.7. The number of carboxylic acids is 2. The average molecular weight is 536 g/mol. The minimum Gasteiger partial charge on any atom is -0.475 e. The maximum absolute atomic E-state index is 10.6. The van der Waals surface area contributed by atoms with Crippen molar-refractivity contribution >= 4 is 23.3 Å². The van der Waals surface area contributed by atoms with Crippen molar-refractivity contribution < 1.29 is 55.6 Å². The first-order valence-electron chi connectivity index (χ1n) is 10.1. The maximum Gasteiger partial charge on any atom is 0.490 e. The van der Waals surface area contributed by atoms with Gasteiger partial charge in [0, 0.05) is 44.1 Å². The fourth-order valence-electron chi connectivity index (χ4n) is 3.19. The number of aliphatic carboxylic acids is 2. The Bertz CT molecular complexity index is 781. The summed E-state index contributed by atoms with van der Waals surface area (Å²) < 4.78 is 75.5. The number of carboxylic acid groups (broad SMARTS) is 2. The summed E-state index contributed by atoms with van der Waals surface area (Å²) in [5, 5.41) is 16.4. The SMILES string of the molecule is C=CCN1CCOCC2(C1)CN(Cc1cccs1)CCO2.O=C(O)C(F)(F)F.O=C(O)C(F)(F)F. The van der Waals surface area contributed by atoms with E-state index in [1.165, 1.54) is 4.88 Å². The molecule has 15 heteroatoms. The Kier molecular flexibility index (Phi) is 12.1. The molecule has 3 heterocycles. The van der Waals surface area contributed by atoms with Crippen LogP contribution in [0.3, 0.4) is 0 Å². The molecule has 1 spiro atoms. The number of ether oxygens (including phenoxy) is 2. The van der Waals surface area contributed by atoms with E-state index in [0.29, 0.717) is 6.61 Å². The van der Waals surface area contributed by atoms with Crippen molar-refractivity contribution in [2.24, 2.45) is 0 Å². The van der Waals surface area contributed by atoms with Gasteiger partial charge in [0.05, 0.1) is 19.8 Å². The Morgan fingerprint density at radius 3 is 2.09 bits per heavy atom. The van der Waals surface area contributed by atoms with Crippen LogP contribution in [0.4, 0.5) is 26.3 Å². The molecule has 1 atom stereocenters. The third-order valence-corrected chi connectivity index (χ3v) is 5.45. The summed E-state index contributed by atoms with van der Waals surface area (Å²) in [6.07, 6.45) is -8.20. The maximum atomic E-state index is 10.6. The molecule has 3 rings (SSSR count). The quantitative estimate of drug-likeness (QED) is 0.448. The molecule has 8 nitrogen and oxygen atoms in total. The first-order chi connectivity index (χ1) is 16.2. The summed E-state index contributed by atoms with van der Waals surface area (Å²) in [6.45, 7) is 11.9. The van der Waals surface area contributed by atoms with Gasteiger partial charge in [-0.15, -0.1) is 17.9 Å². The molecule has 0 amide bonds. The number of hydrogen-bond donors (Lipinski definition) is 2. The highest BCUT2D eigenvalue weighted by Gasteiger charge is 2.40. The summed E-state index contributed by atoms with van der Waals surface area (Å²) in [7, 11) is 0. The van der Waals surface area contributed by atoms with Crippen LogP contribution < -0.4 is 0 Å². The van der Waals surface area contributed by atoms with Crippen molar-refractivity contribution in [3.05, 3.63) is 35.0 Å². The number of rotatable bonds is 4. The molecule has 200 valence electrons. The minimum absolute atomic E-state index is 0.185. The largest absolute Gasteiger partial charge is 0.490 e. The van der Waals surface area contributed by atoms with E-state index in [-0.39, 0.29) is 5.60 Å². The van der Waals surface area contributed by atoms with Gasteiger partial charge in [-0.25, -0.2) is 9.59 Å². The molecule has 2 fully saturated rings. The van der Waals surface area contributed by atoms with Gasteiger partial charge < -0.3 is 19.7 Å². The number of hydrogen-bond acceptors (Lipinski definition) is 7. The van der Waals surface area contributed by atoms with Crippen LogP contribution in [-0.2, 0) is 25.6 Å². The standard InChI is InChI=1S/C16H24N2O2S.2C2HF3O2/c1-2-5-17-6-8-19-14-16(12-17)13-18(7-9-20-16)11-15-4-3-10-21-15;2*3-2(4,5)1(6)7/h2-4,10H,1,5-9,11-14H2;2*(H,6,7). The van der Waals surface area contributed by atoms with Gasteiger partial charge in [0.15, 0.2) is 0 Å². The predicted molar refractivity (Wildman–Crippen MR) is 113 cm³/mol. The van der Waals surface area contributed by atoms with Gasteiger partial charge in [-0.05, 0) is 11.4 Å². The van der Waals surface area contributed by atoms with Gasteiger partial charge in [0.1, 0.15) is 5.60 Å². The number of morpholine rings is 1. The topological polar surface area (TPSA) is 99.5 Å². The van der Waals surface area contributed by atoms with Crippen LogP contribution in [-0.4, -0.2) is 102 Å². The molecule has 0 bridgehead atoms. The lowest BCUT2D eigenvalue weighted by atomic mass is 10.0. The zero-order valence-corrected chi connectivity index (χ0v) is 19.3. The lowest BCUT2D eigenvalue weighted by molar-refractivity contribution is -0.193. The summed E-state index contributed by atoms with van der Waals surface area (Å²) in [5.74, 6) is -5.51. The van der Waals surface area contributed by atoms with E-state index in [0.717, 1.165) is 52.5 Å². The van der Waals surface area contributed by atoms with Gasteiger partial charge in [0.25, 0.3) is 0 Å². The number of alkyl halides is 6. The Morgan fingerprint density at radius 2 is 1.60 bits per heavy atom. The number of carbonyl (C=O) groups is 2. The Balaban J connectivity index is 0.000000362. The highest BCUT2D eigenvalue weighted by atomic mass is 32.1. The third-order valence-electron chi connectivity index (χ3n) is 4.59. The van der Waals surface area contributed by atoms with Crippen molar-refractivity contribution in [3.8, 4) is 0 Å². The van der Waals surface area contributed by atoms with E-state index in [1.54, 1.807) is 0 Å². The second-order valence-corrected chi connectivity index (χ2v) is 8.54. The zero-order chi connectivity index (χ0) is 26.7. The second-order valence-electron chi connectivity index (χ2n) is 7.50. The van der Waals surface area contributed by atoms with Crippen LogP contribution in [0.15, 0.2) is 30.2 Å². The zero-order valence-electron chi connectivity index (χ0n) is 18.5. The van der Waals surface area contributed by atoms with Gasteiger partial charge in [0.2, 0.25) is 0 Å². The van der Waals surface area contributed by atoms with Crippen LogP contribution in [0.2, 0.25) is 0 Å². The van der Waals surface area contributed by atoms with Crippen molar-refractivity contribution in [1.82, 2.24) is 9.80 Å².